The number of hydrogen-bond acceptors (Lipinski definition) is 4. The third-order valence-corrected chi connectivity index (χ3v) is 4.58. The number of nitrogens with one attached hydrogen (secondary N) is 2. The summed E-state index contributed by atoms with van der Waals surface area (Å²) in [5.41, 5.74) is 0.0240. The molecule has 154 valence electrons. The monoisotopic (exact) mass is 493 g/mol. The SMILES string of the molecule is CCNC(=NCC(OC)C(C)(C)C)NC1CCN(c2ncccc2F)C1.I. The van der Waals surface area contributed by atoms with E-state index in [1.807, 2.05) is 11.8 Å². The van der Waals surface area contributed by atoms with Crippen molar-refractivity contribution in [2.24, 2.45) is 10.4 Å². The lowest BCUT2D eigenvalue weighted by Crippen LogP contribution is -2.45. The molecule has 2 rings (SSSR count). The molecule has 1 aromatic rings. The first-order valence-corrected chi connectivity index (χ1v) is 9.28. The summed E-state index contributed by atoms with van der Waals surface area (Å²) < 4.78 is 19.5. The standard InChI is InChI=1S/C19H32FN5O.HI/c1-6-21-18(23-12-16(26-5)19(2,3)4)24-14-9-11-25(13-14)17-15(20)8-7-10-22-17;/h7-8,10,14,16H,6,9,11-13H2,1-5H3,(H2,21,23,24);1H. The largest absolute Gasteiger partial charge is 0.379 e. The van der Waals surface area contributed by atoms with Gasteiger partial charge in [0.25, 0.3) is 0 Å². The minimum atomic E-state index is -0.276. The zero-order valence-corrected chi connectivity index (χ0v) is 19.3. The Morgan fingerprint density at radius 3 is 2.81 bits per heavy atom. The zero-order chi connectivity index (χ0) is 19.2. The van der Waals surface area contributed by atoms with Gasteiger partial charge in [0.15, 0.2) is 17.6 Å². The van der Waals surface area contributed by atoms with Crippen molar-refractivity contribution in [1.29, 1.82) is 0 Å². The van der Waals surface area contributed by atoms with Gasteiger partial charge in [0.05, 0.1) is 12.6 Å². The number of pyridine rings is 1. The Kier molecular flexibility index (Phi) is 9.72. The van der Waals surface area contributed by atoms with E-state index in [9.17, 15) is 4.39 Å². The maximum Gasteiger partial charge on any atom is 0.191 e. The Morgan fingerprint density at radius 1 is 1.48 bits per heavy atom. The van der Waals surface area contributed by atoms with E-state index in [4.69, 9.17) is 9.73 Å². The highest BCUT2D eigenvalue weighted by Crippen LogP contribution is 2.22. The summed E-state index contributed by atoms with van der Waals surface area (Å²) in [6, 6.07) is 3.26. The number of aliphatic imine (C=N–C) groups is 1. The van der Waals surface area contributed by atoms with E-state index in [1.165, 1.54) is 6.07 Å². The fraction of sp³-hybridized carbons (Fsp3) is 0.684. The molecule has 2 atom stereocenters. The molecule has 6 nitrogen and oxygen atoms in total. The maximum atomic E-state index is 13.9. The summed E-state index contributed by atoms with van der Waals surface area (Å²) in [4.78, 5) is 10.8. The van der Waals surface area contributed by atoms with Gasteiger partial charge in [-0.25, -0.2) is 9.37 Å². The first-order chi connectivity index (χ1) is 12.3. The summed E-state index contributed by atoms with van der Waals surface area (Å²) in [6.45, 7) is 11.3. The van der Waals surface area contributed by atoms with Gasteiger partial charge in [-0.2, -0.15) is 0 Å². The lowest BCUT2D eigenvalue weighted by Gasteiger charge is -2.28. The molecule has 1 aliphatic rings. The van der Waals surface area contributed by atoms with Crippen LogP contribution in [-0.2, 0) is 4.74 Å². The maximum absolute atomic E-state index is 13.9. The average molecular weight is 493 g/mol. The van der Waals surface area contributed by atoms with Gasteiger partial charge in [-0.05, 0) is 30.9 Å². The van der Waals surface area contributed by atoms with Crippen molar-refractivity contribution in [2.75, 3.05) is 38.2 Å². The first-order valence-electron chi connectivity index (χ1n) is 9.28. The first kappa shape index (κ1) is 23.9. The number of hydrogen-bond donors (Lipinski definition) is 2. The highest BCUT2D eigenvalue weighted by molar-refractivity contribution is 14.0. The molecule has 0 radical (unpaired) electrons. The highest BCUT2D eigenvalue weighted by atomic mass is 127. The van der Waals surface area contributed by atoms with Gasteiger partial charge in [0, 0.05) is 39.0 Å². The van der Waals surface area contributed by atoms with Crippen molar-refractivity contribution >= 4 is 35.8 Å². The second-order valence-electron chi connectivity index (χ2n) is 7.69. The van der Waals surface area contributed by atoms with Gasteiger partial charge in [0.2, 0.25) is 0 Å². The second-order valence-corrected chi connectivity index (χ2v) is 7.69. The van der Waals surface area contributed by atoms with Crippen LogP contribution in [0.4, 0.5) is 10.2 Å². The number of methoxy groups -OCH3 is 1. The Balaban J connectivity index is 0.00000364. The fourth-order valence-corrected chi connectivity index (χ4v) is 3.07. The highest BCUT2D eigenvalue weighted by Gasteiger charge is 2.27. The molecule has 2 heterocycles. The number of aromatic nitrogens is 1. The number of anilines is 1. The van der Waals surface area contributed by atoms with Crippen LogP contribution >= 0.6 is 24.0 Å². The molecule has 1 aromatic heterocycles. The topological polar surface area (TPSA) is 61.8 Å². The van der Waals surface area contributed by atoms with Crippen LogP contribution in [0.25, 0.3) is 0 Å². The molecule has 2 N–H and O–H groups in total. The van der Waals surface area contributed by atoms with E-state index in [2.05, 4.69) is 36.4 Å². The van der Waals surface area contributed by atoms with Gasteiger partial charge in [-0.3, -0.25) is 4.99 Å². The van der Waals surface area contributed by atoms with Crippen LogP contribution in [0.15, 0.2) is 23.3 Å². The third kappa shape index (κ3) is 7.06. The van der Waals surface area contributed by atoms with E-state index >= 15 is 0 Å². The molecule has 1 fully saturated rings. The van der Waals surface area contributed by atoms with Gasteiger partial charge in [-0.1, -0.05) is 20.8 Å². The lowest BCUT2D eigenvalue weighted by atomic mass is 9.89. The van der Waals surface area contributed by atoms with Crippen LogP contribution in [0.1, 0.15) is 34.1 Å². The van der Waals surface area contributed by atoms with E-state index < -0.39 is 0 Å². The summed E-state index contributed by atoms with van der Waals surface area (Å²) in [5, 5.41) is 6.74. The van der Waals surface area contributed by atoms with Crippen LogP contribution in [0.2, 0.25) is 0 Å². The Morgan fingerprint density at radius 2 is 2.22 bits per heavy atom. The average Bonchev–Trinajstić information content (AvgIpc) is 3.03. The number of halogens is 2. The predicted octanol–water partition coefficient (Wildman–Crippen LogP) is 3.03. The van der Waals surface area contributed by atoms with E-state index in [-0.39, 0.29) is 47.4 Å². The molecule has 27 heavy (non-hydrogen) atoms. The van der Waals surface area contributed by atoms with E-state index in [0.717, 1.165) is 25.5 Å². The molecule has 2 unspecified atom stereocenters. The molecule has 1 saturated heterocycles. The number of ether oxygens (including phenoxy) is 1. The Hall–Kier alpha value is -1.16. The van der Waals surface area contributed by atoms with Crippen LogP contribution in [0.3, 0.4) is 0 Å². The molecular weight excluding hydrogens is 460 g/mol. The van der Waals surface area contributed by atoms with Crippen LogP contribution < -0.4 is 15.5 Å². The molecule has 0 aromatic carbocycles. The smallest absolute Gasteiger partial charge is 0.191 e. The number of guanidine groups is 1. The molecular formula is C19H33FIN5O. The third-order valence-electron chi connectivity index (χ3n) is 4.58. The summed E-state index contributed by atoms with van der Waals surface area (Å²) >= 11 is 0. The quantitative estimate of drug-likeness (QED) is 0.363. The summed E-state index contributed by atoms with van der Waals surface area (Å²) in [6.07, 6.45) is 2.58. The molecule has 0 saturated carbocycles. The molecule has 0 amide bonds. The van der Waals surface area contributed by atoms with Gasteiger partial charge >= 0.3 is 0 Å². The van der Waals surface area contributed by atoms with Crippen LogP contribution in [-0.4, -0.2) is 56.4 Å². The van der Waals surface area contributed by atoms with Crippen LogP contribution in [0.5, 0.6) is 0 Å². The van der Waals surface area contributed by atoms with Crippen molar-refractivity contribution in [3.63, 3.8) is 0 Å². The van der Waals surface area contributed by atoms with Crippen molar-refractivity contribution in [3.8, 4) is 0 Å². The fourth-order valence-electron chi connectivity index (χ4n) is 3.07. The van der Waals surface area contributed by atoms with E-state index in [1.54, 1.807) is 19.4 Å². The second kappa shape index (κ2) is 11.0. The normalized spacial score (nSPS) is 18.8. The molecule has 8 heteroatoms. The molecule has 0 aliphatic carbocycles. The summed E-state index contributed by atoms with van der Waals surface area (Å²) in [7, 11) is 1.72. The zero-order valence-electron chi connectivity index (χ0n) is 17.0. The van der Waals surface area contributed by atoms with E-state index in [0.29, 0.717) is 18.9 Å². The van der Waals surface area contributed by atoms with Crippen molar-refractivity contribution in [1.82, 2.24) is 15.6 Å². The molecule has 0 bridgehead atoms. The van der Waals surface area contributed by atoms with Gasteiger partial charge in [-0.15, -0.1) is 24.0 Å². The Bertz CT molecular complexity index is 608. The number of rotatable bonds is 6. The van der Waals surface area contributed by atoms with Gasteiger partial charge < -0.3 is 20.3 Å². The van der Waals surface area contributed by atoms with Crippen LogP contribution in [0, 0.1) is 11.2 Å². The van der Waals surface area contributed by atoms with Crippen molar-refractivity contribution in [2.45, 2.75) is 46.3 Å². The number of nitrogens with zero attached hydrogens (tertiary/aromatic N) is 3. The minimum absolute atomic E-state index is 0. The Labute approximate surface area is 179 Å². The molecule has 1 aliphatic heterocycles. The predicted molar refractivity (Wildman–Crippen MR) is 120 cm³/mol. The van der Waals surface area contributed by atoms with Crippen molar-refractivity contribution < 1.29 is 9.13 Å². The van der Waals surface area contributed by atoms with Gasteiger partial charge in [0.1, 0.15) is 0 Å². The molecule has 0 spiro atoms. The minimum Gasteiger partial charge on any atom is -0.379 e. The lowest BCUT2D eigenvalue weighted by molar-refractivity contribution is 0.0241. The van der Waals surface area contributed by atoms with Crippen molar-refractivity contribution in [3.05, 3.63) is 24.1 Å². The summed E-state index contributed by atoms with van der Waals surface area (Å²) in [5.74, 6) is 0.917.